The summed E-state index contributed by atoms with van der Waals surface area (Å²) in [5.74, 6) is 2.02. The highest BCUT2D eigenvalue weighted by atomic mass is 79.9. The van der Waals surface area contributed by atoms with Crippen LogP contribution >= 0.6 is 15.9 Å². The molecule has 0 spiro atoms. The summed E-state index contributed by atoms with van der Waals surface area (Å²) in [5, 5.41) is 0. The van der Waals surface area contributed by atoms with Gasteiger partial charge in [0.2, 0.25) is 0 Å². The quantitative estimate of drug-likeness (QED) is 0.575. The Hall–Kier alpha value is -0.960. The zero-order valence-corrected chi connectivity index (χ0v) is 16.3. The predicted molar refractivity (Wildman–Crippen MR) is 98.6 cm³/mol. The van der Waals surface area contributed by atoms with E-state index in [0.29, 0.717) is 28.0 Å². The first-order valence-corrected chi connectivity index (χ1v) is 9.85. The average molecular weight is 389 g/mol. The highest BCUT2D eigenvalue weighted by Gasteiger charge is 2.60. The third-order valence-corrected chi connectivity index (χ3v) is 8.63. The van der Waals surface area contributed by atoms with Crippen molar-refractivity contribution in [1.82, 2.24) is 0 Å². The number of Topliss-reactive ketones (excluding diaryl/α,β-unsaturated/α-hetero) is 1. The summed E-state index contributed by atoms with van der Waals surface area (Å²) in [5.41, 5.74) is 3.13. The van der Waals surface area contributed by atoms with Crippen molar-refractivity contribution in [2.75, 3.05) is 0 Å². The molecule has 0 aromatic rings. The van der Waals surface area contributed by atoms with Gasteiger partial charge in [-0.2, -0.15) is 0 Å². The number of allylic oxidation sites excluding steroid dienone is 5. The molecule has 3 heteroatoms. The molecule has 3 saturated carbocycles. The Morgan fingerprint density at radius 1 is 1.21 bits per heavy atom. The number of carbonyl (C=O) groups excluding carboxylic acids is 2. The van der Waals surface area contributed by atoms with Crippen molar-refractivity contribution in [1.29, 1.82) is 0 Å². The number of rotatable bonds is 0. The Bertz CT molecular complexity index is 743. The van der Waals surface area contributed by atoms with Gasteiger partial charge in [-0.15, -0.1) is 0 Å². The zero-order valence-electron chi connectivity index (χ0n) is 14.7. The molecular formula is C21H25BrO2. The molecule has 2 nitrogen and oxygen atoms in total. The van der Waals surface area contributed by atoms with Gasteiger partial charge in [0.25, 0.3) is 0 Å². The van der Waals surface area contributed by atoms with Gasteiger partial charge in [0.05, 0.1) is 4.48 Å². The van der Waals surface area contributed by atoms with E-state index in [0.717, 1.165) is 48.8 Å². The number of fused-ring (bicyclic) bond motifs is 5. The predicted octanol–water partition coefficient (Wildman–Crippen LogP) is 5.14. The van der Waals surface area contributed by atoms with Crippen LogP contribution in [0.1, 0.15) is 52.9 Å². The van der Waals surface area contributed by atoms with Gasteiger partial charge < -0.3 is 0 Å². The molecular weight excluding hydrogens is 364 g/mol. The number of hydrogen-bond acceptors (Lipinski definition) is 2. The van der Waals surface area contributed by atoms with Gasteiger partial charge in [0.1, 0.15) is 5.78 Å². The lowest BCUT2D eigenvalue weighted by molar-refractivity contribution is -0.131. The Morgan fingerprint density at radius 2 is 1.92 bits per heavy atom. The summed E-state index contributed by atoms with van der Waals surface area (Å²) in [6.07, 6.45) is 6.56. The fraction of sp³-hybridized carbons (Fsp3) is 0.619. The first-order chi connectivity index (χ1) is 11.2. The Balaban J connectivity index is 1.84. The molecule has 0 unspecified atom stereocenters. The first kappa shape index (κ1) is 16.5. The van der Waals surface area contributed by atoms with Crippen LogP contribution in [0.4, 0.5) is 0 Å². The molecule has 4 aliphatic rings. The van der Waals surface area contributed by atoms with E-state index in [1.54, 1.807) is 6.08 Å². The van der Waals surface area contributed by atoms with Crippen molar-refractivity contribution in [3.05, 3.63) is 33.9 Å². The van der Waals surface area contributed by atoms with Crippen LogP contribution in [0.25, 0.3) is 0 Å². The van der Waals surface area contributed by atoms with Crippen LogP contribution in [-0.4, -0.2) is 11.6 Å². The molecule has 0 amide bonds. The molecule has 0 aromatic carbocycles. The molecule has 0 aromatic heterocycles. The molecule has 0 radical (unpaired) electrons. The molecule has 4 rings (SSSR count). The van der Waals surface area contributed by atoms with E-state index in [4.69, 9.17) is 0 Å². The molecule has 24 heavy (non-hydrogen) atoms. The van der Waals surface area contributed by atoms with Crippen LogP contribution < -0.4 is 0 Å². The van der Waals surface area contributed by atoms with Crippen LogP contribution in [0.15, 0.2) is 33.9 Å². The van der Waals surface area contributed by atoms with E-state index in [2.05, 4.69) is 43.3 Å². The maximum absolute atomic E-state index is 12.5. The second-order valence-corrected chi connectivity index (χ2v) is 9.48. The molecule has 0 bridgehead atoms. The third-order valence-electron chi connectivity index (χ3n) is 7.85. The van der Waals surface area contributed by atoms with Gasteiger partial charge in [-0.1, -0.05) is 26.0 Å². The topological polar surface area (TPSA) is 34.1 Å². The van der Waals surface area contributed by atoms with Crippen molar-refractivity contribution in [3.63, 3.8) is 0 Å². The maximum Gasteiger partial charge on any atom is 0.193 e. The second-order valence-electron chi connectivity index (χ2n) is 8.69. The highest BCUT2D eigenvalue weighted by molar-refractivity contribution is 9.12. The molecule has 4 aliphatic carbocycles. The third kappa shape index (κ3) is 1.83. The fourth-order valence-electron chi connectivity index (χ4n) is 6.41. The number of ketones is 2. The first-order valence-electron chi connectivity index (χ1n) is 9.06. The van der Waals surface area contributed by atoms with Crippen LogP contribution in [-0.2, 0) is 9.59 Å². The lowest BCUT2D eigenvalue weighted by Gasteiger charge is -2.57. The van der Waals surface area contributed by atoms with Crippen LogP contribution in [0.3, 0.4) is 0 Å². The Morgan fingerprint density at radius 3 is 2.62 bits per heavy atom. The SMILES string of the molecule is C=C1C[C@@H]2[C@H](CC[C@]3(C)C(=O)CC[C@@H]23)[C@@]2(C)C(C)=CC(=O)C(Br)=C12. The minimum Gasteiger partial charge on any atom is -0.299 e. The standard InChI is InChI=1S/C21H25BrO2/c1-11-9-13-14-5-6-17(24)20(14,3)8-7-15(13)21(4)12(2)10-16(23)19(22)18(11)21/h10,13-15H,1,5-9H2,2-4H3/t13-,14-,15-,20-,21+/m0/s1. The number of hydrogen-bond donors (Lipinski definition) is 0. The van der Waals surface area contributed by atoms with E-state index >= 15 is 0 Å². The summed E-state index contributed by atoms with van der Waals surface area (Å²) in [7, 11) is 0. The van der Waals surface area contributed by atoms with Crippen molar-refractivity contribution in [2.24, 2.45) is 28.6 Å². The molecule has 0 saturated heterocycles. The smallest absolute Gasteiger partial charge is 0.193 e. The van der Waals surface area contributed by atoms with E-state index in [9.17, 15) is 9.59 Å². The van der Waals surface area contributed by atoms with Crippen molar-refractivity contribution in [2.45, 2.75) is 52.9 Å². The largest absolute Gasteiger partial charge is 0.299 e. The van der Waals surface area contributed by atoms with Crippen LogP contribution in [0.2, 0.25) is 0 Å². The average Bonchev–Trinajstić information content (AvgIpc) is 2.81. The number of carbonyl (C=O) groups is 2. The molecule has 5 atom stereocenters. The monoisotopic (exact) mass is 388 g/mol. The Labute approximate surface area is 152 Å². The van der Waals surface area contributed by atoms with Gasteiger partial charge >= 0.3 is 0 Å². The van der Waals surface area contributed by atoms with E-state index in [-0.39, 0.29) is 16.6 Å². The van der Waals surface area contributed by atoms with Crippen molar-refractivity contribution >= 4 is 27.5 Å². The lowest BCUT2D eigenvalue weighted by Crippen LogP contribution is -2.51. The fourth-order valence-corrected chi connectivity index (χ4v) is 7.21. The summed E-state index contributed by atoms with van der Waals surface area (Å²) in [6, 6.07) is 0. The van der Waals surface area contributed by atoms with E-state index in [1.807, 2.05) is 0 Å². The molecule has 0 N–H and O–H groups in total. The zero-order chi connectivity index (χ0) is 17.4. The summed E-state index contributed by atoms with van der Waals surface area (Å²) in [6.45, 7) is 10.9. The second kappa shape index (κ2) is 5.03. The highest BCUT2D eigenvalue weighted by Crippen LogP contribution is 2.66. The lowest BCUT2D eigenvalue weighted by atomic mass is 9.46. The molecule has 128 valence electrons. The van der Waals surface area contributed by atoms with Crippen molar-refractivity contribution < 1.29 is 9.59 Å². The molecule has 0 heterocycles. The minimum absolute atomic E-state index is 0.0660. The van der Waals surface area contributed by atoms with Gasteiger partial charge in [-0.25, -0.2) is 0 Å². The molecule has 0 aliphatic heterocycles. The van der Waals surface area contributed by atoms with Crippen LogP contribution in [0.5, 0.6) is 0 Å². The normalized spacial score (nSPS) is 44.9. The summed E-state index contributed by atoms with van der Waals surface area (Å²) in [4.78, 5) is 24.8. The number of halogens is 1. The van der Waals surface area contributed by atoms with Crippen LogP contribution in [0, 0.1) is 28.6 Å². The maximum atomic E-state index is 12.5. The van der Waals surface area contributed by atoms with Crippen molar-refractivity contribution in [3.8, 4) is 0 Å². The molecule has 3 fully saturated rings. The Kier molecular flexibility index (Phi) is 3.46. The summed E-state index contributed by atoms with van der Waals surface area (Å²) < 4.78 is 0.704. The van der Waals surface area contributed by atoms with Gasteiger partial charge in [0, 0.05) is 17.3 Å². The van der Waals surface area contributed by atoms with Gasteiger partial charge in [-0.3, -0.25) is 9.59 Å². The minimum atomic E-state index is -0.127. The summed E-state index contributed by atoms with van der Waals surface area (Å²) >= 11 is 3.56. The van der Waals surface area contributed by atoms with Gasteiger partial charge in [0.15, 0.2) is 5.78 Å². The van der Waals surface area contributed by atoms with E-state index in [1.165, 1.54) is 0 Å². The van der Waals surface area contributed by atoms with E-state index < -0.39 is 0 Å². The van der Waals surface area contributed by atoms with Gasteiger partial charge in [-0.05, 0) is 83.5 Å².